The van der Waals surface area contributed by atoms with Crippen LogP contribution >= 0.6 is 12.2 Å². The maximum Gasteiger partial charge on any atom is 0.307 e. The van der Waals surface area contributed by atoms with Crippen LogP contribution in [0.15, 0.2) is 60.7 Å². The molecule has 1 amide bonds. The van der Waals surface area contributed by atoms with Crippen LogP contribution in [-0.4, -0.2) is 21.4 Å². The van der Waals surface area contributed by atoms with Gasteiger partial charge in [0, 0.05) is 11.1 Å². The minimum absolute atomic E-state index is 0.247. The van der Waals surface area contributed by atoms with Gasteiger partial charge in [-0.3, -0.25) is 10.0 Å². The SMILES string of the molecule is O=C1N(O)C(=S)OC1(c1ccccc1)c1ccccc1. The first-order valence-corrected chi connectivity index (χ1v) is 6.44. The summed E-state index contributed by atoms with van der Waals surface area (Å²) in [5, 5.41) is 9.88. The van der Waals surface area contributed by atoms with Crippen molar-refractivity contribution in [3.63, 3.8) is 0 Å². The van der Waals surface area contributed by atoms with Crippen LogP contribution in [0.2, 0.25) is 0 Å². The van der Waals surface area contributed by atoms with E-state index in [2.05, 4.69) is 0 Å². The Bertz CT molecular complexity index is 618. The van der Waals surface area contributed by atoms with Gasteiger partial charge in [-0.1, -0.05) is 60.7 Å². The number of benzene rings is 2. The fraction of sp³-hybridized carbons (Fsp3) is 0.0667. The Balaban J connectivity index is 2.25. The van der Waals surface area contributed by atoms with Gasteiger partial charge in [0.1, 0.15) is 0 Å². The highest BCUT2D eigenvalue weighted by molar-refractivity contribution is 7.80. The van der Waals surface area contributed by atoms with Crippen molar-refractivity contribution in [3.05, 3.63) is 71.8 Å². The number of thiocarbonyl (C=S) groups is 1. The fourth-order valence-electron chi connectivity index (χ4n) is 2.33. The smallest absolute Gasteiger partial charge is 0.307 e. The Labute approximate surface area is 121 Å². The van der Waals surface area contributed by atoms with Crippen molar-refractivity contribution in [3.8, 4) is 0 Å². The Kier molecular flexibility index (Phi) is 3.00. The summed E-state index contributed by atoms with van der Waals surface area (Å²) in [5.74, 6) is -0.611. The molecule has 100 valence electrons. The van der Waals surface area contributed by atoms with Gasteiger partial charge < -0.3 is 4.74 Å². The van der Waals surface area contributed by atoms with Crippen molar-refractivity contribution in [2.75, 3.05) is 0 Å². The van der Waals surface area contributed by atoms with Gasteiger partial charge in [-0.05, 0) is 12.2 Å². The average Bonchev–Trinajstić information content (AvgIpc) is 2.74. The van der Waals surface area contributed by atoms with Crippen LogP contribution in [0.5, 0.6) is 0 Å². The zero-order chi connectivity index (χ0) is 14.2. The summed E-state index contributed by atoms with van der Waals surface area (Å²) in [7, 11) is 0. The summed E-state index contributed by atoms with van der Waals surface area (Å²) in [6.07, 6.45) is 0. The molecule has 20 heavy (non-hydrogen) atoms. The van der Waals surface area contributed by atoms with Gasteiger partial charge >= 0.3 is 5.91 Å². The first-order chi connectivity index (χ1) is 9.66. The number of hydrogen-bond donors (Lipinski definition) is 1. The van der Waals surface area contributed by atoms with E-state index >= 15 is 0 Å². The molecule has 5 heteroatoms. The molecule has 0 spiro atoms. The fourth-order valence-corrected chi connectivity index (χ4v) is 2.54. The molecule has 1 aliphatic heterocycles. The Morgan fingerprint density at radius 3 is 1.75 bits per heavy atom. The predicted molar refractivity (Wildman–Crippen MR) is 76.0 cm³/mol. The summed E-state index contributed by atoms with van der Waals surface area (Å²) >= 11 is 4.90. The first-order valence-electron chi connectivity index (χ1n) is 6.04. The molecule has 1 aliphatic rings. The van der Waals surface area contributed by atoms with E-state index < -0.39 is 11.5 Å². The summed E-state index contributed by atoms with van der Waals surface area (Å²) in [6.45, 7) is 0. The first kappa shape index (κ1) is 12.8. The van der Waals surface area contributed by atoms with E-state index in [9.17, 15) is 10.0 Å². The van der Waals surface area contributed by atoms with Crippen molar-refractivity contribution in [1.82, 2.24) is 5.06 Å². The number of hydrogen-bond acceptors (Lipinski definition) is 4. The number of carbonyl (C=O) groups is 1. The van der Waals surface area contributed by atoms with E-state index in [1.54, 1.807) is 48.5 Å². The van der Waals surface area contributed by atoms with E-state index in [1.165, 1.54) is 0 Å². The second-order valence-corrected chi connectivity index (χ2v) is 4.75. The lowest BCUT2D eigenvalue weighted by molar-refractivity contribution is -0.152. The topological polar surface area (TPSA) is 49.8 Å². The quantitative estimate of drug-likeness (QED) is 0.680. The highest BCUT2D eigenvalue weighted by Crippen LogP contribution is 2.40. The van der Waals surface area contributed by atoms with Crippen LogP contribution < -0.4 is 0 Å². The number of hydroxylamine groups is 2. The maximum atomic E-state index is 12.5. The molecule has 2 aromatic carbocycles. The third-order valence-electron chi connectivity index (χ3n) is 3.27. The molecule has 1 N–H and O–H groups in total. The van der Waals surface area contributed by atoms with Gasteiger partial charge in [0.05, 0.1) is 0 Å². The van der Waals surface area contributed by atoms with Gasteiger partial charge in [-0.15, -0.1) is 5.06 Å². The highest BCUT2D eigenvalue weighted by atomic mass is 32.1. The van der Waals surface area contributed by atoms with Crippen LogP contribution in [0.1, 0.15) is 11.1 Å². The standard InChI is InChI=1S/C15H11NO3S/c17-13-15(19-14(20)16(13)18,11-7-3-1-4-8-11)12-9-5-2-6-10-12/h1-10,18H. The maximum absolute atomic E-state index is 12.5. The van der Waals surface area contributed by atoms with Crippen molar-refractivity contribution in [2.45, 2.75) is 5.60 Å². The minimum atomic E-state index is -1.42. The lowest BCUT2D eigenvalue weighted by Gasteiger charge is -2.25. The minimum Gasteiger partial charge on any atom is -0.442 e. The molecule has 1 heterocycles. The second kappa shape index (κ2) is 4.70. The number of carbonyl (C=O) groups excluding carboxylic acids is 1. The van der Waals surface area contributed by atoms with Crippen LogP contribution in [0, 0.1) is 0 Å². The van der Waals surface area contributed by atoms with E-state index in [4.69, 9.17) is 17.0 Å². The van der Waals surface area contributed by atoms with Crippen molar-refractivity contribution in [2.24, 2.45) is 0 Å². The second-order valence-electron chi connectivity index (χ2n) is 4.40. The molecule has 0 aliphatic carbocycles. The monoisotopic (exact) mass is 285 g/mol. The van der Waals surface area contributed by atoms with Crippen LogP contribution in [0.3, 0.4) is 0 Å². The highest BCUT2D eigenvalue weighted by Gasteiger charge is 2.54. The molecule has 1 fully saturated rings. The molecule has 0 radical (unpaired) electrons. The van der Waals surface area contributed by atoms with Crippen molar-refractivity contribution in [1.29, 1.82) is 0 Å². The molecule has 3 rings (SSSR count). The van der Waals surface area contributed by atoms with E-state index in [1.807, 2.05) is 12.1 Å². The van der Waals surface area contributed by atoms with Crippen LogP contribution in [0.4, 0.5) is 0 Å². The van der Waals surface area contributed by atoms with Gasteiger partial charge in [0.15, 0.2) is 0 Å². The number of amides is 1. The zero-order valence-corrected chi connectivity index (χ0v) is 11.2. The Morgan fingerprint density at radius 1 is 0.950 bits per heavy atom. The van der Waals surface area contributed by atoms with E-state index in [0.29, 0.717) is 16.2 Å². The Hall–Kier alpha value is -2.24. The molecular weight excluding hydrogens is 274 g/mol. The largest absolute Gasteiger partial charge is 0.442 e. The predicted octanol–water partition coefficient (Wildman–Crippen LogP) is 2.46. The summed E-state index contributed by atoms with van der Waals surface area (Å²) in [6, 6.07) is 18.0. The lowest BCUT2D eigenvalue weighted by Crippen LogP contribution is -2.38. The number of ether oxygens (including phenoxy) is 1. The van der Waals surface area contributed by atoms with Gasteiger partial charge in [0.2, 0.25) is 5.60 Å². The third kappa shape index (κ3) is 1.71. The molecular formula is C15H11NO3S. The van der Waals surface area contributed by atoms with E-state index in [0.717, 1.165) is 0 Å². The molecule has 2 aromatic rings. The molecule has 1 saturated heterocycles. The summed E-state index contributed by atoms with van der Waals surface area (Å²) < 4.78 is 5.60. The van der Waals surface area contributed by atoms with Crippen LogP contribution in [0.25, 0.3) is 0 Å². The normalized spacial score (nSPS) is 17.1. The van der Waals surface area contributed by atoms with Crippen LogP contribution in [-0.2, 0) is 15.1 Å². The summed E-state index contributed by atoms with van der Waals surface area (Å²) in [4.78, 5) is 12.5. The van der Waals surface area contributed by atoms with E-state index in [-0.39, 0.29) is 5.17 Å². The lowest BCUT2D eigenvalue weighted by atomic mass is 9.86. The van der Waals surface area contributed by atoms with Crippen molar-refractivity contribution < 1.29 is 14.7 Å². The molecule has 0 saturated carbocycles. The number of nitrogens with zero attached hydrogens (tertiary/aromatic N) is 1. The molecule has 0 atom stereocenters. The van der Waals surface area contributed by atoms with Crippen molar-refractivity contribution >= 4 is 23.3 Å². The Morgan fingerprint density at radius 2 is 1.40 bits per heavy atom. The number of rotatable bonds is 2. The third-order valence-corrected chi connectivity index (χ3v) is 3.52. The average molecular weight is 285 g/mol. The molecule has 4 nitrogen and oxygen atoms in total. The molecule has 0 aromatic heterocycles. The molecule has 0 bridgehead atoms. The van der Waals surface area contributed by atoms with Gasteiger partial charge in [-0.25, -0.2) is 0 Å². The zero-order valence-electron chi connectivity index (χ0n) is 10.4. The molecule has 0 unspecified atom stereocenters. The summed E-state index contributed by atoms with van der Waals surface area (Å²) in [5.41, 5.74) is -0.181. The van der Waals surface area contributed by atoms with Gasteiger partial charge in [-0.2, -0.15) is 0 Å². The van der Waals surface area contributed by atoms with Gasteiger partial charge in [0.25, 0.3) is 5.17 Å².